The first-order valence-corrected chi connectivity index (χ1v) is 9.61. The van der Waals surface area contributed by atoms with Gasteiger partial charge in [0.25, 0.3) is 0 Å². The number of hydrogen-bond donors (Lipinski definition) is 0. The first-order chi connectivity index (χ1) is 11.7. The number of aryl methyl sites for hydroxylation is 1. The summed E-state index contributed by atoms with van der Waals surface area (Å²) < 4.78 is 10.1. The highest BCUT2D eigenvalue weighted by Crippen LogP contribution is 2.25. The third-order valence-corrected chi connectivity index (χ3v) is 5.85. The van der Waals surface area contributed by atoms with Gasteiger partial charge in [-0.05, 0) is 42.9 Å². The highest BCUT2D eigenvalue weighted by Gasteiger charge is 2.15. The van der Waals surface area contributed by atoms with Crippen molar-refractivity contribution in [3.8, 4) is 5.75 Å². The molecule has 0 unspecified atom stereocenters. The Balaban J connectivity index is 1.87. The van der Waals surface area contributed by atoms with Gasteiger partial charge in [-0.15, -0.1) is 0 Å². The number of thioether (sulfide) groups is 1. The molecule has 0 N–H and O–H groups in total. The number of methoxy groups -OCH3 is 1. The molecule has 2 aromatic heterocycles. The average molecular weight is 361 g/mol. The Bertz CT molecular complexity index is 957. The van der Waals surface area contributed by atoms with E-state index in [0.717, 1.165) is 41.4 Å². The Morgan fingerprint density at radius 3 is 2.79 bits per heavy atom. The second kappa shape index (κ2) is 6.38. The molecule has 0 bridgehead atoms. The van der Waals surface area contributed by atoms with Crippen LogP contribution in [0.4, 0.5) is 0 Å². The van der Waals surface area contributed by atoms with Crippen LogP contribution in [0.3, 0.4) is 0 Å². The largest absolute Gasteiger partial charge is 0.497 e. The topological polar surface area (TPSA) is 34.7 Å². The highest BCUT2D eigenvalue weighted by atomic mass is 32.2. The second-order valence-electron chi connectivity index (χ2n) is 6.06. The van der Waals surface area contributed by atoms with Crippen LogP contribution in [0.25, 0.3) is 16.6 Å². The molecule has 3 aromatic rings. The van der Waals surface area contributed by atoms with E-state index >= 15 is 0 Å². The predicted molar refractivity (Wildman–Crippen MR) is 102 cm³/mol. The SMILES string of the molecule is COc1ccc2c(C)cc3nn(CN4CCSCC4)c(=S)n3c2c1. The summed E-state index contributed by atoms with van der Waals surface area (Å²) in [7, 11) is 1.69. The van der Waals surface area contributed by atoms with Crippen LogP contribution in [-0.2, 0) is 6.67 Å². The minimum absolute atomic E-state index is 0.737. The summed E-state index contributed by atoms with van der Waals surface area (Å²) in [5.41, 5.74) is 3.14. The fourth-order valence-electron chi connectivity index (χ4n) is 3.20. The number of fused-ring (bicyclic) bond motifs is 3. The first-order valence-electron chi connectivity index (χ1n) is 8.04. The normalized spacial score (nSPS) is 16.1. The molecule has 7 heteroatoms. The van der Waals surface area contributed by atoms with Crippen LogP contribution in [0.1, 0.15) is 5.56 Å². The third kappa shape index (κ3) is 2.70. The van der Waals surface area contributed by atoms with E-state index in [1.807, 2.05) is 28.6 Å². The predicted octanol–water partition coefficient (Wildman–Crippen LogP) is 3.34. The van der Waals surface area contributed by atoms with Gasteiger partial charge in [0.05, 0.1) is 19.3 Å². The van der Waals surface area contributed by atoms with Crippen molar-refractivity contribution in [1.82, 2.24) is 19.1 Å². The molecule has 3 heterocycles. The molecule has 0 radical (unpaired) electrons. The van der Waals surface area contributed by atoms with Crippen LogP contribution in [0.2, 0.25) is 0 Å². The van der Waals surface area contributed by atoms with E-state index in [2.05, 4.69) is 28.4 Å². The molecule has 126 valence electrons. The Kier molecular flexibility index (Phi) is 4.24. The van der Waals surface area contributed by atoms with Crippen molar-refractivity contribution in [3.05, 3.63) is 34.6 Å². The summed E-state index contributed by atoms with van der Waals surface area (Å²) in [6.07, 6.45) is 0. The fraction of sp³-hybridized carbons (Fsp3) is 0.412. The number of rotatable bonds is 3. The van der Waals surface area contributed by atoms with E-state index in [1.165, 1.54) is 22.5 Å². The molecule has 24 heavy (non-hydrogen) atoms. The molecule has 0 aliphatic carbocycles. The molecule has 4 rings (SSSR count). The molecule has 0 atom stereocenters. The number of nitrogens with zero attached hydrogens (tertiary/aromatic N) is 4. The maximum Gasteiger partial charge on any atom is 0.204 e. The van der Waals surface area contributed by atoms with Crippen LogP contribution in [0.15, 0.2) is 24.3 Å². The number of pyridine rings is 1. The molecular formula is C17H20N4OS2. The molecule has 1 fully saturated rings. The Hall–Kier alpha value is -1.57. The zero-order valence-electron chi connectivity index (χ0n) is 13.9. The van der Waals surface area contributed by atoms with Gasteiger partial charge < -0.3 is 4.74 Å². The van der Waals surface area contributed by atoms with Crippen molar-refractivity contribution in [2.24, 2.45) is 0 Å². The smallest absolute Gasteiger partial charge is 0.204 e. The van der Waals surface area contributed by atoms with Gasteiger partial charge in [-0.3, -0.25) is 9.30 Å². The van der Waals surface area contributed by atoms with Gasteiger partial charge in [-0.2, -0.15) is 16.9 Å². The van der Waals surface area contributed by atoms with Crippen molar-refractivity contribution in [2.75, 3.05) is 31.7 Å². The van der Waals surface area contributed by atoms with Gasteiger partial charge in [0, 0.05) is 36.0 Å². The van der Waals surface area contributed by atoms with Gasteiger partial charge in [-0.1, -0.05) is 0 Å². The molecule has 0 saturated carbocycles. The maximum absolute atomic E-state index is 5.74. The summed E-state index contributed by atoms with van der Waals surface area (Å²) in [6, 6.07) is 8.21. The lowest BCUT2D eigenvalue weighted by Gasteiger charge is -2.25. The fourth-order valence-corrected chi connectivity index (χ4v) is 4.47. The molecule has 5 nitrogen and oxygen atoms in total. The van der Waals surface area contributed by atoms with Crippen molar-refractivity contribution >= 4 is 40.5 Å². The summed E-state index contributed by atoms with van der Waals surface area (Å²) in [6.45, 7) is 5.05. The summed E-state index contributed by atoms with van der Waals surface area (Å²) in [5, 5.41) is 5.93. The van der Waals surface area contributed by atoms with Crippen LogP contribution in [0, 0.1) is 11.7 Å². The van der Waals surface area contributed by atoms with Crippen molar-refractivity contribution in [2.45, 2.75) is 13.6 Å². The van der Waals surface area contributed by atoms with Gasteiger partial charge in [0.15, 0.2) is 5.65 Å². The van der Waals surface area contributed by atoms with Crippen molar-refractivity contribution in [1.29, 1.82) is 0 Å². The summed E-state index contributed by atoms with van der Waals surface area (Å²) in [4.78, 5) is 2.41. The van der Waals surface area contributed by atoms with Crippen molar-refractivity contribution < 1.29 is 4.74 Å². The number of benzene rings is 1. The van der Waals surface area contributed by atoms with E-state index < -0.39 is 0 Å². The molecular weight excluding hydrogens is 340 g/mol. The van der Waals surface area contributed by atoms with Crippen LogP contribution >= 0.6 is 24.0 Å². The monoisotopic (exact) mass is 360 g/mol. The maximum atomic E-state index is 5.74. The van der Waals surface area contributed by atoms with Crippen LogP contribution in [0.5, 0.6) is 5.75 Å². The lowest BCUT2D eigenvalue weighted by atomic mass is 10.1. The van der Waals surface area contributed by atoms with Crippen LogP contribution in [-0.4, -0.2) is 50.8 Å². The zero-order chi connectivity index (χ0) is 16.7. The van der Waals surface area contributed by atoms with E-state index in [4.69, 9.17) is 22.1 Å². The molecule has 1 aliphatic rings. The van der Waals surface area contributed by atoms with E-state index in [1.54, 1.807) is 7.11 Å². The molecule has 1 aliphatic heterocycles. The minimum atomic E-state index is 0.737. The lowest BCUT2D eigenvalue weighted by molar-refractivity contribution is 0.227. The lowest BCUT2D eigenvalue weighted by Crippen LogP contribution is -2.34. The average Bonchev–Trinajstić information content (AvgIpc) is 2.91. The second-order valence-corrected chi connectivity index (χ2v) is 7.65. The van der Waals surface area contributed by atoms with E-state index in [-0.39, 0.29) is 0 Å². The Labute approximate surface area is 150 Å². The third-order valence-electron chi connectivity index (χ3n) is 4.52. The first kappa shape index (κ1) is 15.9. The molecule has 1 aromatic carbocycles. The quantitative estimate of drug-likeness (QED) is 0.669. The summed E-state index contributed by atoms with van der Waals surface area (Å²) >= 11 is 7.75. The number of aromatic nitrogens is 3. The van der Waals surface area contributed by atoms with E-state index in [9.17, 15) is 0 Å². The minimum Gasteiger partial charge on any atom is -0.497 e. The molecule has 0 spiro atoms. The standard InChI is InChI=1S/C17H20N4OS2/c1-12-9-16-18-20(11-19-5-7-24-8-6-19)17(23)21(16)15-10-13(22-2)3-4-14(12)15/h3-4,9-10H,5-8,11H2,1-2H3. The zero-order valence-corrected chi connectivity index (χ0v) is 15.5. The number of ether oxygens (including phenoxy) is 1. The van der Waals surface area contributed by atoms with Gasteiger partial charge in [-0.25, -0.2) is 4.68 Å². The van der Waals surface area contributed by atoms with Crippen molar-refractivity contribution in [3.63, 3.8) is 0 Å². The van der Waals surface area contributed by atoms with Gasteiger partial charge in [0.2, 0.25) is 4.77 Å². The van der Waals surface area contributed by atoms with Gasteiger partial charge in [0.1, 0.15) is 5.75 Å². The molecule has 1 saturated heterocycles. The Morgan fingerprint density at radius 1 is 1.25 bits per heavy atom. The Morgan fingerprint density at radius 2 is 2.04 bits per heavy atom. The summed E-state index contributed by atoms with van der Waals surface area (Å²) in [5.74, 6) is 3.19. The number of hydrogen-bond acceptors (Lipinski definition) is 5. The highest BCUT2D eigenvalue weighted by molar-refractivity contribution is 7.99. The van der Waals surface area contributed by atoms with E-state index in [0.29, 0.717) is 0 Å². The van der Waals surface area contributed by atoms with Crippen LogP contribution < -0.4 is 4.74 Å². The van der Waals surface area contributed by atoms with Gasteiger partial charge >= 0.3 is 0 Å². The molecule has 0 amide bonds.